The molecule has 8 nitrogen and oxygen atoms in total. The number of carbonyl (C=O) groups is 2. The molecule has 0 radical (unpaired) electrons. The molecule has 172 valence electrons. The van der Waals surface area contributed by atoms with Crippen molar-refractivity contribution < 1.29 is 9.59 Å². The van der Waals surface area contributed by atoms with Crippen LogP contribution in [0.4, 0.5) is 0 Å². The van der Waals surface area contributed by atoms with Crippen LogP contribution in [0.15, 0.2) is 12.4 Å². The van der Waals surface area contributed by atoms with Gasteiger partial charge in [0.25, 0.3) is 0 Å². The molecule has 1 saturated heterocycles. The summed E-state index contributed by atoms with van der Waals surface area (Å²) in [5.74, 6) is 0.274. The second kappa shape index (κ2) is 12.5. The Hall–Kier alpha value is -1.35. The zero-order valence-corrected chi connectivity index (χ0v) is 19.9. The van der Waals surface area contributed by atoms with Crippen LogP contribution in [0.2, 0.25) is 0 Å². The Morgan fingerprint density at radius 3 is 2.33 bits per heavy atom. The number of aromatic nitrogens is 2. The molecule has 1 unspecified atom stereocenters. The Morgan fingerprint density at radius 2 is 1.80 bits per heavy atom. The Kier molecular flexibility index (Phi) is 11.1. The third kappa shape index (κ3) is 6.57. The van der Waals surface area contributed by atoms with E-state index in [0.717, 1.165) is 31.5 Å². The van der Waals surface area contributed by atoms with Crippen molar-refractivity contribution in [3.63, 3.8) is 0 Å². The van der Waals surface area contributed by atoms with Crippen LogP contribution in [0.3, 0.4) is 0 Å². The summed E-state index contributed by atoms with van der Waals surface area (Å²) >= 11 is 0. The van der Waals surface area contributed by atoms with Crippen molar-refractivity contribution in [1.82, 2.24) is 29.8 Å². The molecule has 1 saturated carbocycles. The highest BCUT2D eigenvalue weighted by atomic mass is 35.5. The van der Waals surface area contributed by atoms with E-state index >= 15 is 0 Å². The first-order valence-corrected chi connectivity index (χ1v) is 10.4. The van der Waals surface area contributed by atoms with E-state index in [1.165, 1.54) is 19.3 Å². The topological polar surface area (TPSA) is 73.7 Å². The fourth-order valence-corrected chi connectivity index (χ4v) is 4.31. The molecule has 1 aliphatic heterocycles. The Bertz CT molecular complexity index is 672. The number of nitrogens with one attached hydrogen (secondary N) is 1. The van der Waals surface area contributed by atoms with Gasteiger partial charge in [0, 0.05) is 58.1 Å². The van der Waals surface area contributed by atoms with Crippen LogP contribution < -0.4 is 5.32 Å². The van der Waals surface area contributed by atoms with E-state index in [0.29, 0.717) is 25.7 Å². The first-order chi connectivity index (χ1) is 13.5. The first kappa shape index (κ1) is 26.7. The van der Waals surface area contributed by atoms with Crippen LogP contribution in [0.1, 0.15) is 43.7 Å². The maximum absolute atomic E-state index is 12.9. The van der Waals surface area contributed by atoms with Crippen molar-refractivity contribution in [3.05, 3.63) is 18.0 Å². The quantitative estimate of drug-likeness (QED) is 0.692. The SMILES string of the molecule is CNC(C(=O)N1CCN(CC(=O)N(C)C2CCCCC2)CC1)c1cnn(C)c1.Cl.Cl. The van der Waals surface area contributed by atoms with Crippen LogP contribution >= 0.6 is 24.8 Å². The van der Waals surface area contributed by atoms with Crippen LogP contribution in [0, 0.1) is 0 Å². The van der Waals surface area contributed by atoms with Gasteiger partial charge in [-0.3, -0.25) is 19.2 Å². The van der Waals surface area contributed by atoms with Gasteiger partial charge >= 0.3 is 0 Å². The zero-order chi connectivity index (χ0) is 20.1. The molecule has 1 aliphatic carbocycles. The fraction of sp³-hybridized carbons (Fsp3) is 0.750. The third-order valence-corrected chi connectivity index (χ3v) is 6.15. The second-order valence-electron chi connectivity index (χ2n) is 8.07. The minimum absolute atomic E-state index is 0. The summed E-state index contributed by atoms with van der Waals surface area (Å²) < 4.78 is 1.71. The van der Waals surface area contributed by atoms with Gasteiger partial charge in [-0.25, -0.2) is 0 Å². The molecule has 30 heavy (non-hydrogen) atoms. The highest BCUT2D eigenvalue weighted by molar-refractivity contribution is 5.85. The molecule has 1 aromatic rings. The molecule has 0 spiro atoms. The number of aryl methyl sites for hydroxylation is 1. The molecule has 2 heterocycles. The predicted octanol–water partition coefficient (Wildman–Crippen LogP) is 1.46. The largest absolute Gasteiger partial charge is 0.342 e. The van der Waals surface area contributed by atoms with Crippen molar-refractivity contribution in [2.75, 3.05) is 46.8 Å². The molecule has 1 N–H and O–H groups in total. The molecule has 2 amide bonds. The van der Waals surface area contributed by atoms with Gasteiger partial charge in [0.15, 0.2) is 0 Å². The summed E-state index contributed by atoms with van der Waals surface area (Å²) in [7, 11) is 5.59. The molecule has 3 rings (SSSR count). The van der Waals surface area contributed by atoms with Crippen molar-refractivity contribution in [2.24, 2.45) is 7.05 Å². The van der Waals surface area contributed by atoms with Gasteiger partial charge < -0.3 is 15.1 Å². The van der Waals surface area contributed by atoms with Crippen molar-refractivity contribution >= 4 is 36.6 Å². The van der Waals surface area contributed by atoms with Crippen LogP contribution in [-0.4, -0.2) is 89.2 Å². The molecule has 1 aromatic heterocycles. The number of carbonyl (C=O) groups excluding carboxylic acids is 2. The smallest absolute Gasteiger partial charge is 0.244 e. The van der Waals surface area contributed by atoms with Crippen molar-refractivity contribution in [3.8, 4) is 0 Å². The second-order valence-corrected chi connectivity index (χ2v) is 8.07. The maximum Gasteiger partial charge on any atom is 0.244 e. The van der Waals surface area contributed by atoms with Gasteiger partial charge in [-0.15, -0.1) is 24.8 Å². The summed E-state index contributed by atoms with van der Waals surface area (Å²) in [5, 5.41) is 7.27. The summed E-state index contributed by atoms with van der Waals surface area (Å²) in [6, 6.07) is 0.0271. The molecular weight excluding hydrogens is 427 g/mol. The number of amides is 2. The summed E-state index contributed by atoms with van der Waals surface area (Å²) in [6.07, 6.45) is 9.61. The maximum atomic E-state index is 12.9. The van der Waals surface area contributed by atoms with E-state index in [-0.39, 0.29) is 42.7 Å². The Labute approximate surface area is 192 Å². The summed E-state index contributed by atoms with van der Waals surface area (Å²) in [6.45, 7) is 3.22. The predicted molar refractivity (Wildman–Crippen MR) is 122 cm³/mol. The lowest BCUT2D eigenvalue weighted by Gasteiger charge is -2.37. The van der Waals surface area contributed by atoms with E-state index in [2.05, 4.69) is 15.3 Å². The van der Waals surface area contributed by atoms with Crippen LogP contribution in [0.5, 0.6) is 0 Å². The lowest BCUT2D eigenvalue weighted by Crippen LogP contribution is -2.53. The monoisotopic (exact) mass is 462 g/mol. The van der Waals surface area contributed by atoms with E-state index in [4.69, 9.17) is 0 Å². The van der Waals surface area contributed by atoms with Crippen LogP contribution in [-0.2, 0) is 16.6 Å². The Balaban J connectivity index is 0.00000225. The number of hydrogen-bond acceptors (Lipinski definition) is 5. The highest BCUT2D eigenvalue weighted by Gasteiger charge is 2.30. The van der Waals surface area contributed by atoms with Gasteiger partial charge in [0.05, 0.1) is 12.7 Å². The van der Waals surface area contributed by atoms with E-state index in [1.54, 1.807) is 17.9 Å². The fourth-order valence-electron chi connectivity index (χ4n) is 4.31. The van der Waals surface area contributed by atoms with E-state index in [1.807, 2.05) is 30.1 Å². The lowest BCUT2D eigenvalue weighted by atomic mass is 9.94. The Morgan fingerprint density at radius 1 is 1.17 bits per heavy atom. The van der Waals surface area contributed by atoms with Gasteiger partial charge in [0.1, 0.15) is 6.04 Å². The molecule has 0 bridgehead atoms. The highest BCUT2D eigenvalue weighted by Crippen LogP contribution is 2.22. The van der Waals surface area contributed by atoms with Gasteiger partial charge in [-0.05, 0) is 19.9 Å². The molecular formula is C20H36Cl2N6O2. The average molecular weight is 463 g/mol. The minimum Gasteiger partial charge on any atom is -0.342 e. The van der Waals surface area contributed by atoms with Crippen LogP contribution in [0.25, 0.3) is 0 Å². The minimum atomic E-state index is -0.376. The zero-order valence-electron chi connectivity index (χ0n) is 18.2. The van der Waals surface area contributed by atoms with Gasteiger partial charge in [-0.2, -0.15) is 5.10 Å². The van der Waals surface area contributed by atoms with Crippen molar-refractivity contribution in [2.45, 2.75) is 44.2 Å². The van der Waals surface area contributed by atoms with Gasteiger partial charge in [0.2, 0.25) is 11.8 Å². The van der Waals surface area contributed by atoms with Gasteiger partial charge in [-0.1, -0.05) is 19.3 Å². The molecule has 2 fully saturated rings. The van der Waals surface area contributed by atoms with E-state index < -0.39 is 0 Å². The molecule has 2 aliphatic rings. The number of piperazine rings is 1. The summed E-state index contributed by atoms with van der Waals surface area (Å²) in [5.41, 5.74) is 0.877. The first-order valence-electron chi connectivity index (χ1n) is 10.4. The summed E-state index contributed by atoms with van der Waals surface area (Å²) in [4.78, 5) is 31.6. The molecule has 10 heteroatoms. The molecule has 0 aromatic carbocycles. The standard InChI is InChI=1S/C20H34N6O2.2ClH/c1-21-19(16-13-22-23(2)14-16)20(28)26-11-9-25(10-12-26)15-18(27)24(3)17-7-5-4-6-8-17;;/h13-14,17,19,21H,4-12,15H2,1-3H3;2*1H. The number of likely N-dealkylation sites (N-methyl/N-ethyl adjacent to an activating group) is 2. The third-order valence-electron chi connectivity index (χ3n) is 6.15. The number of nitrogens with zero attached hydrogens (tertiary/aromatic N) is 5. The average Bonchev–Trinajstić information content (AvgIpc) is 3.15. The number of hydrogen-bond donors (Lipinski definition) is 1. The number of rotatable bonds is 6. The number of halogens is 2. The normalized spacial score (nSPS) is 18.8. The lowest BCUT2D eigenvalue weighted by molar-refractivity contribution is -0.137. The van der Waals surface area contributed by atoms with Crippen molar-refractivity contribution in [1.29, 1.82) is 0 Å². The van der Waals surface area contributed by atoms with E-state index in [9.17, 15) is 9.59 Å². The molecule has 1 atom stereocenters.